The largest absolute Gasteiger partial charge is 0.352 e. The highest BCUT2D eigenvalue weighted by molar-refractivity contribution is 9.10. The Hall–Kier alpha value is -1.79. The Labute approximate surface area is 192 Å². The van der Waals surface area contributed by atoms with Crippen LogP contribution >= 0.6 is 27.7 Å². The van der Waals surface area contributed by atoms with Gasteiger partial charge in [-0.15, -0.1) is 11.8 Å². The SMILES string of the molecule is CC[C@@H](C(=O)NC(C)C)N(CCc1ccccc1)C(=O)CSCc1ccc(Br)cc1. The predicted octanol–water partition coefficient (Wildman–Crippen LogP) is 5.06. The fourth-order valence-corrected chi connectivity index (χ4v) is 4.33. The third kappa shape index (κ3) is 8.15. The van der Waals surface area contributed by atoms with E-state index in [9.17, 15) is 9.59 Å². The van der Waals surface area contributed by atoms with Crippen molar-refractivity contribution in [2.24, 2.45) is 0 Å². The first kappa shape index (κ1) is 24.5. The quantitative estimate of drug-likeness (QED) is 0.478. The van der Waals surface area contributed by atoms with Gasteiger partial charge in [0.1, 0.15) is 6.04 Å². The zero-order valence-electron chi connectivity index (χ0n) is 17.9. The lowest BCUT2D eigenvalue weighted by atomic mass is 10.1. The van der Waals surface area contributed by atoms with E-state index in [2.05, 4.69) is 45.5 Å². The smallest absolute Gasteiger partial charge is 0.242 e. The third-order valence-corrected chi connectivity index (χ3v) is 6.23. The van der Waals surface area contributed by atoms with E-state index in [0.717, 1.165) is 22.2 Å². The second-order valence-electron chi connectivity index (χ2n) is 7.53. The summed E-state index contributed by atoms with van der Waals surface area (Å²) in [5.41, 5.74) is 2.34. The van der Waals surface area contributed by atoms with Gasteiger partial charge in [-0.05, 0) is 49.9 Å². The van der Waals surface area contributed by atoms with Crippen LogP contribution in [0.2, 0.25) is 0 Å². The Kier molecular flexibility index (Phi) is 10.4. The van der Waals surface area contributed by atoms with Gasteiger partial charge in [-0.2, -0.15) is 0 Å². The molecule has 2 amide bonds. The topological polar surface area (TPSA) is 49.4 Å². The van der Waals surface area contributed by atoms with Crippen molar-refractivity contribution in [1.82, 2.24) is 10.2 Å². The minimum absolute atomic E-state index is 0.0128. The van der Waals surface area contributed by atoms with Gasteiger partial charge < -0.3 is 10.2 Å². The molecule has 0 radical (unpaired) electrons. The maximum Gasteiger partial charge on any atom is 0.242 e. The van der Waals surface area contributed by atoms with Crippen LogP contribution in [-0.4, -0.2) is 41.1 Å². The number of rotatable bonds is 11. The van der Waals surface area contributed by atoms with Crippen LogP contribution in [-0.2, 0) is 21.8 Å². The van der Waals surface area contributed by atoms with Crippen molar-refractivity contribution >= 4 is 39.5 Å². The molecule has 6 heteroatoms. The summed E-state index contributed by atoms with van der Waals surface area (Å²) < 4.78 is 1.04. The molecule has 0 saturated carbocycles. The van der Waals surface area contributed by atoms with Gasteiger partial charge in [0.15, 0.2) is 0 Å². The Morgan fingerprint density at radius 2 is 1.70 bits per heavy atom. The molecule has 1 N–H and O–H groups in total. The van der Waals surface area contributed by atoms with Crippen LogP contribution in [0.1, 0.15) is 38.3 Å². The molecule has 162 valence electrons. The molecular weight excluding hydrogens is 460 g/mol. The zero-order chi connectivity index (χ0) is 21.9. The highest BCUT2D eigenvalue weighted by Crippen LogP contribution is 2.18. The Bertz CT molecular complexity index is 797. The van der Waals surface area contributed by atoms with E-state index in [1.54, 1.807) is 16.7 Å². The van der Waals surface area contributed by atoms with Crippen molar-refractivity contribution in [1.29, 1.82) is 0 Å². The molecule has 30 heavy (non-hydrogen) atoms. The molecule has 0 saturated heterocycles. The standard InChI is InChI=1S/C24H31BrN2O2S/c1-4-22(24(29)26-18(2)3)27(15-14-19-8-6-5-7-9-19)23(28)17-30-16-20-10-12-21(25)13-11-20/h5-13,18,22H,4,14-17H2,1-3H3,(H,26,29)/t22-/m0/s1. The molecule has 2 aromatic carbocycles. The summed E-state index contributed by atoms with van der Waals surface area (Å²) in [6.07, 6.45) is 1.33. The van der Waals surface area contributed by atoms with Gasteiger partial charge in [0, 0.05) is 22.8 Å². The Morgan fingerprint density at radius 1 is 1.03 bits per heavy atom. The Morgan fingerprint density at radius 3 is 2.30 bits per heavy atom. The summed E-state index contributed by atoms with van der Waals surface area (Å²) in [6, 6.07) is 17.8. The molecule has 2 aromatic rings. The number of nitrogens with zero attached hydrogens (tertiary/aromatic N) is 1. The minimum atomic E-state index is -0.447. The summed E-state index contributed by atoms with van der Waals surface area (Å²) in [5, 5.41) is 2.97. The first-order valence-corrected chi connectivity index (χ1v) is 12.3. The highest BCUT2D eigenvalue weighted by Gasteiger charge is 2.28. The number of benzene rings is 2. The summed E-state index contributed by atoms with van der Waals surface area (Å²) in [6.45, 7) is 6.37. The molecule has 0 aliphatic carbocycles. The van der Waals surface area contributed by atoms with Crippen molar-refractivity contribution in [3.05, 3.63) is 70.2 Å². The maximum absolute atomic E-state index is 13.1. The van der Waals surface area contributed by atoms with Crippen LogP contribution in [0.15, 0.2) is 59.1 Å². The van der Waals surface area contributed by atoms with Crippen molar-refractivity contribution in [3.8, 4) is 0 Å². The lowest BCUT2D eigenvalue weighted by molar-refractivity contribution is -0.139. The average Bonchev–Trinajstić information content (AvgIpc) is 2.72. The van der Waals surface area contributed by atoms with E-state index in [1.807, 2.05) is 51.1 Å². The van der Waals surface area contributed by atoms with Crippen molar-refractivity contribution in [2.75, 3.05) is 12.3 Å². The van der Waals surface area contributed by atoms with Crippen LogP contribution < -0.4 is 5.32 Å². The van der Waals surface area contributed by atoms with Gasteiger partial charge in [0.2, 0.25) is 11.8 Å². The first-order chi connectivity index (χ1) is 14.4. The van der Waals surface area contributed by atoms with Crippen LogP contribution in [0.3, 0.4) is 0 Å². The van der Waals surface area contributed by atoms with E-state index >= 15 is 0 Å². The van der Waals surface area contributed by atoms with Gasteiger partial charge in [0.05, 0.1) is 5.75 Å². The summed E-state index contributed by atoms with van der Waals surface area (Å²) in [4.78, 5) is 27.6. The summed E-state index contributed by atoms with van der Waals surface area (Å²) >= 11 is 5.03. The predicted molar refractivity (Wildman–Crippen MR) is 130 cm³/mol. The van der Waals surface area contributed by atoms with Crippen molar-refractivity contribution in [3.63, 3.8) is 0 Å². The molecule has 2 rings (SSSR count). The molecule has 0 unspecified atom stereocenters. The van der Waals surface area contributed by atoms with Gasteiger partial charge in [-0.3, -0.25) is 9.59 Å². The molecule has 1 atom stereocenters. The van der Waals surface area contributed by atoms with Crippen molar-refractivity contribution in [2.45, 2.75) is 51.4 Å². The minimum Gasteiger partial charge on any atom is -0.352 e. The molecule has 0 aromatic heterocycles. The van der Waals surface area contributed by atoms with Crippen LogP contribution in [0, 0.1) is 0 Å². The lowest BCUT2D eigenvalue weighted by Gasteiger charge is -2.31. The van der Waals surface area contributed by atoms with E-state index in [-0.39, 0.29) is 17.9 Å². The number of thioether (sulfide) groups is 1. The lowest BCUT2D eigenvalue weighted by Crippen LogP contribution is -2.51. The molecule has 0 aliphatic heterocycles. The fourth-order valence-electron chi connectivity index (χ4n) is 3.20. The number of hydrogen-bond donors (Lipinski definition) is 1. The van der Waals surface area contributed by atoms with Gasteiger partial charge >= 0.3 is 0 Å². The van der Waals surface area contributed by atoms with E-state index in [1.165, 1.54) is 5.56 Å². The summed E-state index contributed by atoms with van der Waals surface area (Å²) in [7, 11) is 0. The third-order valence-electron chi connectivity index (χ3n) is 4.71. The normalized spacial score (nSPS) is 11.9. The maximum atomic E-state index is 13.1. The molecule has 0 heterocycles. The number of carbonyl (C=O) groups is 2. The van der Waals surface area contributed by atoms with Gasteiger partial charge in [-0.25, -0.2) is 0 Å². The van der Waals surface area contributed by atoms with E-state index in [4.69, 9.17) is 0 Å². The highest BCUT2D eigenvalue weighted by atomic mass is 79.9. The summed E-state index contributed by atoms with van der Waals surface area (Å²) in [5.74, 6) is 1.06. The van der Waals surface area contributed by atoms with Crippen molar-refractivity contribution < 1.29 is 9.59 Å². The van der Waals surface area contributed by atoms with E-state index in [0.29, 0.717) is 18.7 Å². The van der Waals surface area contributed by atoms with Gasteiger partial charge in [0.25, 0.3) is 0 Å². The molecule has 0 bridgehead atoms. The number of carbonyl (C=O) groups excluding carboxylic acids is 2. The average molecular weight is 491 g/mol. The Balaban J connectivity index is 2.04. The van der Waals surface area contributed by atoms with Crippen LogP contribution in [0.25, 0.3) is 0 Å². The molecule has 0 spiro atoms. The number of nitrogens with one attached hydrogen (secondary N) is 1. The second kappa shape index (κ2) is 12.8. The van der Waals surface area contributed by atoms with Crippen LogP contribution in [0.4, 0.5) is 0 Å². The molecule has 0 fully saturated rings. The molecule has 4 nitrogen and oxygen atoms in total. The molecule has 0 aliphatic rings. The number of hydrogen-bond acceptors (Lipinski definition) is 3. The van der Waals surface area contributed by atoms with Crippen LogP contribution in [0.5, 0.6) is 0 Å². The number of halogens is 1. The first-order valence-electron chi connectivity index (χ1n) is 10.4. The zero-order valence-corrected chi connectivity index (χ0v) is 20.3. The fraction of sp³-hybridized carbons (Fsp3) is 0.417. The monoisotopic (exact) mass is 490 g/mol. The molecular formula is C24H31BrN2O2S. The van der Waals surface area contributed by atoms with Gasteiger partial charge in [-0.1, -0.05) is 65.3 Å². The van der Waals surface area contributed by atoms with E-state index < -0.39 is 6.04 Å². The second-order valence-corrected chi connectivity index (χ2v) is 9.43. The number of amides is 2.